The molecular formula is C22H21FN3O3+. The number of amides is 3. The molecule has 29 heavy (non-hydrogen) atoms. The molecule has 7 heteroatoms. The van der Waals surface area contributed by atoms with Crippen LogP contribution < -0.4 is 5.32 Å². The molecule has 0 aromatic heterocycles. The van der Waals surface area contributed by atoms with Crippen molar-refractivity contribution in [1.29, 1.82) is 0 Å². The SMILES string of the molecule is Cc1ccc(NC2=C(c3cccc(F)c3)C3C(=O)N(C)C(=O)[N+](C)=C3O2)c(C)c1. The van der Waals surface area contributed by atoms with Gasteiger partial charge in [0, 0.05) is 11.3 Å². The van der Waals surface area contributed by atoms with Crippen molar-refractivity contribution in [3.05, 3.63) is 70.9 Å². The molecule has 2 heterocycles. The molecule has 2 aromatic carbocycles. The summed E-state index contributed by atoms with van der Waals surface area (Å²) in [6.07, 6.45) is 0. The minimum Gasteiger partial charge on any atom is -0.408 e. The number of anilines is 1. The topological polar surface area (TPSA) is 61.7 Å². The smallest absolute Gasteiger partial charge is 0.408 e. The Morgan fingerprint density at radius 2 is 1.90 bits per heavy atom. The van der Waals surface area contributed by atoms with Crippen molar-refractivity contribution < 1.29 is 23.3 Å². The third-order valence-corrected chi connectivity index (χ3v) is 5.23. The minimum absolute atomic E-state index is 0.213. The second kappa shape index (κ2) is 6.84. The van der Waals surface area contributed by atoms with Crippen molar-refractivity contribution in [2.45, 2.75) is 13.8 Å². The molecule has 6 nitrogen and oxygen atoms in total. The summed E-state index contributed by atoms with van der Waals surface area (Å²) in [5.41, 5.74) is 3.92. The van der Waals surface area contributed by atoms with Crippen LogP contribution in [0.3, 0.4) is 0 Å². The lowest BCUT2D eigenvalue weighted by atomic mass is 9.91. The van der Waals surface area contributed by atoms with Gasteiger partial charge < -0.3 is 10.1 Å². The number of nitrogens with one attached hydrogen (secondary N) is 1. The molecule has 148 valence electrons. The van der Waals surface area contributed by atoms with E-state index in [1.165, 1.54) is 23.8 Å². The molecule has 0 radical (unpaired) electrons. The van der Waals surface area contributed by atoms with E-state index in [9.17, 15) is 14.0 Å². The summed E-state index contributed by atoms with van der Waals surface area (Å²) in [6, 6.07) is 11.4. The van der Waals surface area contributed by atoms with Gasteiger partial charge >= 0.3 is 11.9 Å². The zero-order valence-corrected chi connectivity index (χ0v) is 16.6. The van der Waals surface area contributed by atoms with Gasteiger partial charge in [0.1, 0.15) is 5.82 Å². The standard InChI is InChI=1S/C22H21FN3O3/c1-12-8-9-16(13(2)10-12)24-19-17(14-6-5-7-15(23)11-14)18-20(27)25(3)22(28)26(4)21(18)29-19/h5-11,18,24H,1-4H3/q+1. The number of halogens is 1. The molecule has 3 amide bonds. The van der Waals surface area contributed by atoms with Crippen LogP contribution in [0.15, 0.2) is 48.3 Å². The zero-order chi connectivity index (χ0) is 20.9. The van der Waals surface area contributed by atoms with Crippen molar-refractivity contribution in [2.75, 3.05) is 19.4 Å². The molecule has 0 aliphatic carbocycles. The van der Waals surface area contributed by atoms with Gasteiger partial charge in [0.2, 0.25) is 5.88 Å². The summed E-state index contributed by atoms with van der Waals surface area (Å²) in [6.45, 7) is 3.96. The summed E-state index contributed by atoms with van der Waals surface area (Å²) >= 11 is 0. The van der Waals surface area contributed by atoms with E-state index >= 15 is 0 Å². The van der Waals surface area contributed by atoms with Crippen molar-refractivity contribution in [2.24, 2.45) is 5.92 Å². The molecule has 1 N–H and O–H groups in total. The first-order valence-electron chi connectivity index (χ1n) is 9.22. The summed E-state index contributed by atoms with van der Waals surface area (Å²) in [5.74, 6) is -1.15. The summed E-state index contributed by atoms with van der Waals surface area (Å²) < 4.78 is 21.3. The summed E-state index contributed by atoms with van der Waals surface area (Å²) in [5, 5.41) is 3.24. The number of imide groups is 1. The molecule has 4 rings (SSSR count). The molecule has 0 fully saturated rings. The highest BCUT2D eigenvalue weighted by Crippen LogP contribution is 2.39. The highest BCUT2D eigenvalue weighted by Gasteiger charge is 2.53. The van der Waals surface area contributed by atoms with E-state index in [0.29, 0.717) is 17.0 Å². The Bertz CT molecular complexity index is 1120. The van der Waals surface area contributed by atoms with Gasteiger partial charge in [-0.1, -0.05) is 29.8 Å². The van der Waals surface area contributed by atoms with Crippen LogP contribution in [0.2, 0.25) is 0 Å². The van der Waals surface area contributed by atoms with Crippen molar-refractivity contribution in [1.82, 2.24) is 4.90 Å². The van der Waals surface area contributed by atoms with Crippen molar-refractivity contribution >= 4 is 29.1 Å². The zero-order valence-electron chi connectivity index (χ0n) is 16.6. The molecule has 2 aliphatic heterocycles. The number of hydrogen-bond donors (Lipinski definition) is 1. The van der Waals surface area contributed by atoms with Crippen LogP contribution in [0, 0.1) is 25.6 Å². The van der Waals surface area contributed by atoms with Crippen LogP contribution in [-0.2, 0) is 9.53 Å². The number of carbonyl (C=O) groups is 2. The van der Waals surface area contributed by atoms with Gasteiger partial charge in [0.15, 0.2) is 5.92 Å². The largest absolute Gasteiger partial charge is 0.502 e. The second-order valence-electron chi connectivity index (χ2n) is 7.31. The van der Waals surface area contributed by atoms with Gasteiger partial charge in [0.05, 0.1) is 14.1 Å². The Labute approximate surface area is 167 Å². The van der Waals surface area contributed by atoms with E-state index in [-0.39, 0.29) is 5.90 Å². The van der Waals surface area contributed by atoms with Crippen LogP contribution in [-0.4, -0.2) is 41.4 Å². The first-order valence-corrected chi connectivity index (χ1v) is 9.22. The average Bonchev–Trinajstić information content (AvgIpc) is 3.06. The third-order valence-electron chi connectivity index (χ3n) is 5.23. The van der Waals surface area contributed by atoms with Gasteiger partial charge in [-0.3, -0.25) is 0 Å². The number of ether oxygens (including phenoxy) is 1. The van der Waals surface area contributed by atoms with Crippen LogP contribution in [0.25, 0.3) is 5.57 Å². The highest BCUT2D eigenvalue weighted by atomic mass is 19.1. The molecular weight excluding hydrogens is 373 g/mol. The second-order valence-corrected chi connectivity index (χ2v) is 7.31. The first kappa shape index (κ1) is 18.9. The van der Waals surface area contributed by atoms with E-state index < -0.39 is 23.7 Å². The quantitative estimate of drug-likeness (QED) is 0.810. The number of nitrogens with zero attached hydrogens (tertiary/aromatic N) is 2. The van der Waals surface area contributed by atoms with Gasteiger partial charge in [-0.25, -0.2) is 9.18 Å². The molecule has 2 aliphatic rings. The van der Waals surface area contributed by atoms with Crippen LogP contribution >= 0.6 is 0 Å². The summed E-state index contributed by atoms with van der Waals surface area (Å²) in [7, 11) is 2.98. The van der Waals surface area contributed by atoms with Crippen LogP contribution in [0.4, 0.5) is 14.9 Å². The number of rotatable bonds is 3. The fourth-order valence-corrected chi connectivity index (χ4v) is 3.69. The van der Waals surface area contributed by atoms with E-state index in [1.54, 1.807) is 19.2 Å². The Balaban J connectivity index is 1.89. The molecule has 0 spiro atoms. The number of hydrogen-bond acceptors (Lipinski definition) is 4. The van der Waals surface area contributed by atoms with Gasteiger partial charge in [-0.2, -0.15) is 14.3 Å². The van der Waals surface area contributed by atoms with Gasteiger partial charge in [-0.05, 0) is 43.2 Å². The third kappa shape index (κ3) is 3.08. The maximum Gasteiger partial charge on any atom is 0.502 e. The lowest BCUT2D eigenvalue weighted by Crippen LogP contribution is -2.51. The van der Waals surface area contributed by atoms with Crippen molar-refractivity contribution in [3.63, 3.8) is 0 Å². The normalized spacial score (nSPS) is 18.9. The van der Waals surface area contributed by atoms with E-state index in [0.717, 1.165) is 21.7 Å². The first-order chi connectivity index (χ1) is 13.8. The minimum atomic E-state index is -0.835. The van der Waals surface area contributed by atoms with Crippen LogP contribution in [0.1, 0.15) is 16.7 Å². The fourth-order valence-electron chi connectivity index (χ4n) is 3.69. The number of carbonyl (C=O) groups excluding carboxylic acids is 2. The summed E-state index contributed by atoms with van der Waals surface area (Å²) in [4.78, 5) is 26.4. The lowest BCUT2D eigenvalue weighted by molar-refractivity contribution is -0.415. The Kier molecular flexibility index (Phi) is 4.45. The average molecular weight is 394 g/mol. The number of urea groups is 1. The monoisotopic (exact) mass is 394 g/mol. The lowest BCUT2D eigenvalue weighted by Gasteiger charge is -2.20. The molecule has 0 saturated heterocycles. The Morgan fingerprint density at radius 1 is 1.14 bits per heavy atom. The maximum atomic E-state index is 14.0. The van der Waals surface area contributed by atoms with Crippen molar-refractivity contribution in [3.8, 4) is 0 Å². The maximum absolute atomic E-state index is 14.0. The van der Waals surface area contributed by atoms with E-state index in [4.69, 9.17) is 4.74 Å². The Hall–Kier alpha value is -3.48. The predicted molar refractivity (Wildman–Crippen MR) is 107 cm³/mol. The Morgan fingerprint density at radius 3 is 2.59 bits per heavy atom. The highest BCUT2D eigenvalue weighted by molar-refractivity contribution is 6.18. The van der Waals surface area contributed by atoms with E-state index in [2.05, 4.69) is 5.32 Å². The number of fused-ring (bicyclic) bond motifs is 1. The molecule has 1 atom stereocenters. The molecule has 1 unspecified atom stereocenters. The molecule has 2 aromatic rings. The molecule has 0 bridgehead atoms. The predicted octanol–water partition coefficient (Wildman–Crippen LogP) is 3.50. The van der Waals surface area contributed by atoms with Gasteiger partial charge in [0.25, 0.3) is 5.90 Å². The van der Waals surface area contributed by atoms with Gasteiger partial charge in [-0.15, -0.1) is 0 Å². The number of aryl methyl sites for hydroxylation is 2. The van der Waals surface area contributed by atoms with Crippen LogP contribution in [0.5, 0.6) is 0 Å². The number of benzene rings is 2. The van der Waals surface area contributed by atoms with E-state index in [1.807, 2.05) is 32.0 Å². The fraction of sp³-hybridized carbons (Fsp3) is 0.227. The molecule has 0 saturated carbocycles.